The molecule has 0 bridgehead atoms. The first-order chi connectivity index (χ1) is 11.8. The van der Waals surface area contributed by atoms with Crippen molar-refractivity contribution in [2.24, 2.45) is 0 Å². The van der Waals surface area contributed by atoms with E-state index >= 15 is 0 Å². The predicted octanol–water partition coefficient (Wildman–Crippen LogP) is 1.81. The Kier molecular flexibility index (Phi) is 6.85. The van der Waals surface area contributed by atoms with Crippen LogP contribution in [0, 0.1) is 0 Å². The molecule has 0 aliphatic carbocycles. The van der Waals surface area contributed by atoms with Crippen LogP contribution >= 0.6 is 0 Å². The van der Waals surface area contributed by atoms with Crippen molar-refractivity contribution in [2.75, 3.05) is 0 Å². The van der Waals surface area contributed by atoms with Crippen molar-refractivity contribution >= 4 is 22.5 Å². The number of hydrogen-bond donors (Lipinski definition) is 0. The van der Waals surface area contributed by atoms with E-state index in [0.29, 0.717) is 0 Å². The van der Waals surface area contributed by atoms with Gasteiger partial charge in [0.05, 0.1) is 0 Å². The zero-order valence-electron chi connectivity index (χ0n) is 23.2. The van der Waals surface area contributed by atoms with Crippen molar-refractivity contribution in [2.45, 2.75) is 103 Å². The fourth-order valence-electron chi connectivity index (χ4n) is 0. The second-order valence-electron chi connectivity index (χ2n) is 7.09. The Labute approximate surface area is 153 Å². The summed E-state index contributed by atoms with van der Waals surface area (Å²) >= 11 is -0.0225. The molecule has 0 aliphatic heterocycles. The van der Waals surface area contributed by atoms with E-state index in [1.807, 2.05) is 0 Å². The molecule has 122 valence electrons. The summed E-state index contributed by atoms with van der Waals surface area (Å²) in [5.41, 5.74) is -2.25. The quantitative estimate of drug-likeness (QED) is 0.579. The predicted molar refractivity (Wildman–Crippen MR) is 84.7 cm³/mol. The Morgan fingerprint density at radius 1 is 0.600 bits per heavy atom. The third-order valence-corrected chi connectivity index (χ3v) is 0. The Morgan fingerprint density at radius 3 is 0.700 bits per heavy atom. The molecule has 0 saturated carbocycles. The van der Waals surface area contributed by atoms with E-state index in [2.05, 4.69) is 0 Å². The van der Waals surface area contributed by atoms with Gasteiger partial charge in [0.15, 0.2) is 0 Å². The van der Waals surface area contributed by atoms with Gasteiger partial charge >= 0.3 is 58.8 Å². The van der Waals surface area contributed by atoms with E-state index in [1.165, 1.54) is 0 Å². The van der Waals surface area contributed by atoms with Gasteiger partial charge in [-0.25, -0.2) is 0 Å². The minimum atomic E-state index is -3.01. The fraction of sp³-hybridized carbons (Fsp3) is 1.00. The van der Waals surface area contributed by atoms with Crippen LogP contribution in [0.5, 0.6) is 0 Å². The van der Waals surface area contributed by atoms with Crippen molar-refractivity contribution in [3.63, 3.8) is 0 Å². The monoisotopic (exact) mass is 405 g/mol. The van der Waals surface area contributed by atoms with Crippen LogP contribution in [0.2, 0.25) is 3.43 Å². The molecule has 0 fully saturated rings. The van der Waals surface area contributed by atoms with Crippen LogP contribution in [0.3, 0.4) is 0 Å². The summed E-state index contributed by atoms with van der Waals surface area (Å²) in [5.74, 6) is 0. The van der Waals surface area contributed by atoms with Gasteiger partial charge < -0.3 is 15.3 Å². The summed E-state index contributed by atoms with van der Waals surface area (Å²) in [7, 11) is 0. The maximum absolute atomic E-state index is 10.1. The zero-order valence-corrected chi connectivity index (χ0v) is 17.1. The van der Waals surface area contributed by atoms with Crippen LogP contribution in [0.15, 0.2) is 0 Å². The van der Waals surface area contributed by atoms with Crippen molar-refractivity contribution in [1.29, 1.82) is 0 Å². The molecular weight excluding hydrogens is 359 g/mol. The molecule has 0 saturated heterocycles. The summed E-state index contributed by atoms with van der Waals surface area (Å²) in [6, 6.07) is 0. The molecule has 0 N–H and O–H groups in total. The molecule has 0 radical (unpaired) electrons. The second kappa shape index (κ2) is 11.3. The van der Waals surface area contributed by atoms with Gasteiger partial charge in [-0.2, -0.15) is 0 Å². The van der Waals surface area contributed by atoms with E-state index in [4.69, 9.17) is 12.3 Å². The second-order valence-corrected chi connectivity index (χ2v) is 9.23. The average Bonchev–Trinajstić information content (AvgIpc) is 2.14. The molecule has 0 aromatic heterocycles. The Hall–Kier alpha value is 0.679. The van der Waals surface area contributed by atoms with Crippen LogP contribution in [-0.4, -0.2) is 39.3 Å². The Morgan fingerprint density at radius 2 is 0.700 bits per heavy atom. The summed E-state index contributed by atoms with van der Waals surface area (Å²) in [6.45, 7) is 5.65. The molecule has 4 heteroatoms. The topological polar surface area (TPSA) is 69.2 Å². The molecule has 3 nitrogen and oxygen atoms in total. The minimum absolute atomic E-state index is 0.0225. The van der Waals surface area contributed by atoms with E-state index < -0.39 is 40.8 Å². The Bertz CT molecular complexity index is 355. The van der Waals surface area contributed by atoms with Gasteiger partial charge in [0.2, 0.25) is 0 Å². The molecule has 0 aliphatic rings. The Balaban J connectivity index is -0.000000171. The van der Waals surface area contributed by atoms with Crippen LogP contribution in [0.1, 0.15) is 95.2 Å². The summed E-state index contributed by atoms with van der Waals surface area (Å²) in [5, 5.41) is 30.3. The third-order valence-electron chi connectivity index (χ3n) is 0. The molecule has 0 atom stereocenters. The SMILES string of the molecule is CC(C)(C)[O-].CC(C)(C)[O-].CC(C)(C)[O-].[2H]C([2H])([2H])[C]([Sn+3])(C([2H])([2H])[2H])C([2H])([2H])[2H]. The van der Waals surface area contributed by atoms with Gasteiger partial charge in [-0.3, -0.25) is 0 Å². The number of hydrogen-bond acceptors (Lipinski definition) is 3. The first kappa shape index (κ1) is 12.1. The van der Waals surface area contributed by atoms with Gasteiger partial charge in [-0.15, -0.1) is 16.8 Å². The first-order valence-corrected chi connectivity index (χ1v) is 7.54. The summed E-state index contributed by atoms with van der Waals surface area (Å²) < 4.78 is 60.7. The average molecular weight is 404 g/mol. The van der Waals surface area contributed by atoms with E-state index in [9.17, 15) is 15.3 Å². The molecule has 0 heterocycles. The molecule has 20 heavy (non-hydrogen) atoms. The zero-order chi connectivity index (χ0) is 25.5. The molecule has 0 amide bonds. The fourth-order valence-corrected chi connectivity index (χ4v) is 0. The van der Waals surface area contributed by atoms with Crippen LogP contribution in [-0.2, 0) is 0 Å². The molecule has 0 rings (SSSR count). The van der Waals surface area contributed by atoms with E-state index in [-0.39, 0.29) is 22.5 Å². The summed E-state index contributed by atoms with van der Waals surface area (Å²) in [6.07, 6.45) is 0. The van der Waals surface area contributed by atoms with Crippen LogP contribution in [0.4, 0.5) is 0 Å². The van der Waals surface area contributed by atoms with Gasteiger partial charge in [-0.05, 0) is 0 Å². The van der Waals surface area contributed by atoms with Crippen molar-refractivity contribution in [3.8, 4) is 0 Å². The molecular formula is C16H36O3Sn. The normalized spacial score (nSPS) is 20.6. The van der Waals surface area contributed by atoms with Crippen LogP contribution < -0.4 is 15.3 Å². The van der Waals surface area contributed by atoms with Crippen LogP contribution in [0.25, 0.3) is 0 Å². The molecule has 0 spiro atoms. The molecule has 0 aromatic carbocycles. The molecule has 0 aromatic rings. The van der Waals surface area contributed by atoms with Gasteiger partial charge in [0, 0.05) is 0 Å². The number of rotatable bonds is 0. The van der Waals surface area contributed by atoms with Crippen molar-refractivity contribution in [1.82, 2.24) is 0 Å². The van der Waals surface area contributed by atoms with E-state index in [1.54, 1.807) is 62.3 Å². The standard InChI is InChI=1S/3C4H9O.C4H9.Sn/c3*1-4(2,3)5;1-4(2)3;/h3*1-3H3;1-3H3;/q3*-1;;+3/i;;;1D3,2D3,3D3;. The third kappa shape index (κ3) is 12700. The van der Waals surface area contributed by atoms with Crippen molar-refractivity contribution in [3.05, 3.63) is 0 Å². The van der Waals surface area contributed by atoms with Crippen molar-refractivity contribution < 1.29 is 27.7 Å². The van der Waals surface area contributed by atoms with Gasteiger partial charge in [-0.1, -0.05) is 62.3 Å². The van der Waals surface area contributed by atoms with Gasteiger partial charge in [0.1, 0.15) is 0 Å². The summed E-state index contributed by atoms with van der Waals surface area (Å²) in [4.78, 5) is 0. The maximum atomic E-state index is 10.1. The van der Waals surface area contributed by atoms with Gasteiger partial charge in [0.25, 0.3) is 0 Å². The van der Waals surface area contributed by atoms with E-state index in [0.717, 1.165) is 0 Å². The first-order valence-electron chi connectivity index (χ1n) is 10.6. The molecule has 0 unspecified atom stereocenters.